The third kappa shape index (κ3) is 4.98. The SMILES string of the molecule is Cl.N=C(NCc1cccc(NC(=O)Nc2cccc3ccoc23)c1)c1ccccc1. The number of amidine groups is 1. The lowest BCUT2D eigenvalue weighted by Gasteiger charge is -2.11. The zero-order valence-electron chi connectivity index (χ0n) is 16.0. The van der Waals surface area contributed by atoms with Gasteiger partial charge in [-0.3, -0.25) is 5.41 Å². The van der Waals surface area contributed by atoms with Crippen molar-refractivity contribution >= 4 is 46.6 Å². The molecule has 4 rings (SSSR count). The molecule has 2 amide bonds. The lowest BCUT2D eigenvalue weighted by Crippen LogP contribution is -2.23. The van der Waals surface area contributed by atoms with Gasteiger partial charge in [-0.2, -0.15) is 0 Å². The average molecular weight is 421 g/mol. The summed E-state index contributed by atoms with van der Waals surface area (Å²) < 4.78 is 5.44. The van der Waals surface area contributed by atoms with E-state index in [1.54, 1.807) is 12.3 Å². The zero-order chi connectivity index (χ0) is 20.1. The molecule has 0 saturated heterocycles. The molecular formula is C23H21ClN4O2. The van der Waals surface area contributed by atoms with E-state index in [9.17, 15) is 4.79 Å². The van der Waals surface area contributed by atoms with E-state index in [2.05, 4.69) is 16.0 Å². The first kappa shape index (κ1) is 21.0. The lowest BCUT2D eigenvalue weighted by molar-refractivity contribution is 0.262. The minimum absolute atomic E-state index is 0. The Morgan fingerprint density at radius 3 is 2.53 bits per heavy atom. The number of rotatable bonds is 5. The first-order valence-electron chi connectivity index (χ1n) is 9.20. The van der Waals surface area contributed by atoms with Crippen LogP contribution >= 0.6 is 12.4 Å². The Balaban J connectivity index is 0.00000256. The molecule has 0 spiro atoms. The fourth-order valence-corrected chi connectivity index (χ4v) is 3.03. The molecule has 7 heteroatoms. The van der Waals surface area contributed by atoms with Gasteiger partial charge in [-0.05, 0) is 29.8 Å². The van der Waals surface area contributed by atoms with Crippen LogP contribution in [0, 0.1) is 5.41 Å². The normalized spacial score (nSPS) is 10.1. The largest absolute Gasteiger partial charge is 0.462 e. The number of anilines is 2. The minimum atomic E-state index is -0.351. The maximum Gasteiger partial charge on any atom is 0.323 e. The Morgan fingerprint density at radius 2 is 1.70 bits per heavy atom. The van der Waals surface area contributed by atoms with Crippen LogP contribution in [0.3, 0.4) is 0 Å². The summed E-state index contributed by atoms with van der Waals surface area (Å²) >= 11 is 0. The van der Waals surface area contributed by atoms with Crippen molar-refractivity contribution in [2.24, 2.45) is 0 Å². The van der Waals surface area contributed by atoms with Crippen molar-refractivity contribution in [2.75, 3.05) is 10.6 Å². The molecule has 0 unspecified atom stereocenters. The molecule has 4 N–H and O–H groups in total. The number of amides is 2. The minimum Gasteiger partial charge on any atom is -0.462 e. The number of para-hydroxylation sites is 1. The zero-order valence-corrected chi connectivity index (χ0v) is 16.8. The summed E-state index contributed by atoms with van der Waals surface area (Å²) in [7, 11) is 0. The van der Waals surface area contributed by atoms with Crippen LogP contribution in [-0.2, 0) is 6.54 Å². The fraction of sp³-hybridized carbons (Fsp3) is 0.0435. The molecule has 1 aromatic heterocycles. The molecule has 3 aromatic carbocycles. The summed E-state index contributed by atoms with van der Waals surface area (Å²) in [6, 6.07) is 24.1. The topological polar surface area (TPSA) is 90.2 Å². The van der Waals surface area contributed by atoms with Gasteiger partial charge < -0.3 is 20.4 Å². The van der Waals surface area contributed by atoms with Crippen molar-refractivity contribution in [1.29, 1.82) is 5.41 Å². The van der Waals surface area contributed by atoms with Crippen molar-refractivity contribution in [3.05, 3.63) is 96.3 Å². The average Bonchev–Trinajstić information content (AvgIpc) is 3.23. The van der Waals surface area contributed by atoms with Crippen LogP contribution in [0.1, 0.15) is 11.1 Å². The number of furan rings is 1. The van der Waals surface area contributed by atoms with Crippen molar-refractivity contribution in [3.8, 4) is 0 Å². The van der Waals surface area contributed by atoms with Gasteiger partial charge in [0, 0.05) is 23.2 Å². The summed E-state index contributed by atoms with van der Waals surface area (Å²) in [6.45, 7) is 0.483. The lowest BCUT2D eigenvalue weighted by atomic mass is 10.1. The summed E-state index contributed by atoms with van der Waals surface area (Å²) in [4.78, 5) is 12.4. The molecule has 0 aliphatic heterocycles. The summed E-state index contributed by atoms with van der Waals surface area (Å²) in [6.07, 6.45) is 1.59. The molecule has 1 heterocycles. The van der Waals surface area contributed by atoms with Crippen molar-refractivity contribution in [2.45, 2.75) is 6.54 Å². The van der Waals surface area contributed by atoms with Crippen LogP contribution in [0.15, 0.2) is 89.5 Å². The quantitative estimate of drug-likeness (QED) is 0.250. The number of hydrogen-bond acceptors (Lipinski definition) is 3. The second-order valence-corrected chi connectivity index (χ2v) is 6.52. The van der Waals surface area contributed by atoms with Gasteiger partial charge in [-0.1, -0.05) is 54.6 Å². The van der Waals surface area contributed by atoms with Gasteiger partial charge in [0.25, 0.3) is 0 Å². The molecule has 30 heavy (non-hydrogen) atoms. The molecule has 0 radical (unpaired) electrons. The number of carbonyl (C=O) groups excluding carboxylic acids is 1. The van der Waals surface area contributed by atoms with E-state index in [0.717, 1.165) is 16.5 Å². The molecule has 0 aliphatic carbocycles. The Hall–Kier alpha value is -3.77. The molecular weight excluding hydrogens is 400 g/mol. The predicted molar refractivity (Wildman–Crippen MR) is 123 cm³/mol. The van der Waals surface area contributed by atoms with Gasteiger partial charge in [-0.25, -0.2) is 4.79 Å². The third-order valence-electron chi connectivity index (χ3n) is 4.44. The number of halogens is 1. The number of benzene rings is 3. The fourth-order valence-electron chi connectivity index (χ4n) is 3.03. The first-order valence-corrected chi connectivity index (χ1v) is 9.20. The number of carbonyl (C=O) groups is 1. The highest BCUT2D eigenvalue weighted by Gasteiger charge is 2.08. The van der Waals surface area contributed by atoms with Crippen LogP contribution in [0.5, 0.6) is 0 Å². The van der Waals surface area contributed by atoms with Gasteiger partial charge in [0.1, 0.15) is 5.84 Å². The van der Waals surface area contributed by atoms with Gasteiger partial charge in [-0.15, -0.1) is 12.4 Å². The number of urea groups is 1. The Bertz CT molecular complexity index is 1160. The molecule has 6 nitrogen and oxygen atoms in total. The van der Waals surface area contributed by atoms with Crippen molar-refractivity contribution in [1.82, 2.24) is 5.32 Å². The second-order valence-electron chi connectivity index (χ2n) is 6.52. The number of nitrogens with one attached hydrogen (secondary N) is 4. The molecule has 0 aliphatic rings. The Kier molecular flexibility index (Phi) is 6.72. The molecule has 152 valence electrons. The van der Waals surface area contributed by atoms with Gasteiger partial charge in [0.05, 0.1) is 12.0 Å². The van der Waals surface area contributed by atoms with Gasteiger partial charge in [0.2, 0.25) is 0 Å². The van der Waals surface area contributed by atoms with Crippen LogP contribution in [0.2, 0.25) is 0 Å². The summed E-state index contributed by atoms with van der Waals surface area (Å²) in [5.41, 5.74) is 3.70. The molecule has 4 aromatic rings. The van der Waals surface area contributed by atoms with Gasteiger partial charge in [0.15, 0.2) is 5.58 Å². The summed E-state index contributed by atoms with van der Waals surface area (Å²) in [5, 5.41) is 17.8. The van der Waals surface area contributed by atoms with E-state index < -0.39 is 0 Å². The first-order chi connectivity index (χ1) is 14.2. The van der Waals surface area contributed by atoms with Gasteiger partial charge >= 0.3 is 6.03 Å². The number of hydrogen-bond donors (Lipinski definition) is 4. The maximum atomic E-state index is 12.4. The van der Waals surface area contributed by atoms with E-state index in [4.69, 9.17) is 9.83 Å². The maximum absolute atomic E-state index is 12.4. The summed E-state index contributed by atoms with van der Waals surface area (Å²) in [5.74, 6) is 0.355. The van der Waals surface area contributed by atoms with E-state index >= 15 is 0 Å². The highest BCUT2D eigenvalue weighted by atomic mass is 35.5. The van der Waals surface area contributed by atoms with Crippen LogP contribution in [-0.4, -0.2) is 11.9 Å². The molecule has 0 atom stereocenters. The highest BCUT2D eigenvalue weighted by Crippen LogP contribution is 2.24. The van der Waals surface area contributed by atoms with E-state index in [-0.39, 0.29) is 18.4 Å². The third-order valence-corrected chi connectivity index (χ3v) is 4.44. The highest BCUT2D eigenvalue weighted by molar-refractivity contribution is 6.04. The Labute approximate surface area is 180 Å². The van der Waals surface area contributed by atoms with Crippen LogP contribution in [0.4, 0.5) is 16.2 Å². The predicted octanol–water partition coefficient (Wildman–Crippen LogP) is 5.61. The van der Waals surface area contributed by atoms with E-state index in [0.29, 0.717) is 29.3 Å². The second kappa shape index (κ2) is 9.62. The number of fused-ring (bicyclic) bond motifs is 1. The van der Waals surface area contributed by atoms with Crippen molar-refractivity contribution in [3.63, 3.8) is 0 Å². The van der Waals surface area contributed by atoms with Crippen LogP contribution < -0.4 is 16.0 Å². The van der Waals surface area contributed by atoms with E-state index in [1.165, 1.54) is 0 Å². The Morgan fingerprint density at radius 1 is 0.900 bits per heavy atom. The smallest absolute Gasteiger partial charge is 0.323 e. The molecule has 0 fully saturated rings. The molecule has 0 saturated carbocycles. The van der Waals surface area contributed by atoms with Crippen molar-refractivity contribution < 1.29 is 9.21 Å². The van der Waals surface area contributed by atoms with E-state index in [1.807, 2.05) is 72.8 Å². The van der Waals surface area contributed by atoms with Crippen LogP contribution in [0.25, 0.3) is 11.0 Å². The monoisotopic (exact) mass is 420 g/mol. The standard InChI is InChI=1S/C23H20N4O2.ClH/c24-22(18-7-2-1-3-8-18)25-15-16-6-4-10-19(14-16)26-23(28)27-20-11-5-9-17-12-13-29-21(17)20;/h1-14H,15H2,(H2,24,25)(H2,26,27,28);1H. The molecule has 0 bridgehead atoms.